The summed E-state index contributed by atoms with van der Waals surface area (Å²) in [6, 6.07) is 6.66. The van der Waals surface area contributed by atoms with Crippen molar-refractivity contribution in [3.05, 3.63) is 23.8 Å². The van der Waals surface area contributed by atoms with Crippen LogP contribution in [0.1, 0.15) is 37.7 Å². The number of rotatable bonds is 9. The number of hydrogen-bond acceptors (Lipinski definition) is 6. The first-order chi connectivity index (χ1) is 13.7. The van der Waals surface area contributed by atoms with Crippen LogP contribution < -0.4 is 9.47 Å². The number of aliphatic hydroxyl groups is 1. The predicted molar refractivity (Wildman–Crippen MR) is 110 cm³/mol. The molecule has 1 saturated heterocycles. The Morgan fingerprint density at radius 2 is 1.93 bits per heavy atom. The number of likely N-dealkylation sites (N-methyl/N-ethyl adjacent to an activating group) is 1. The van der Waals surface area contributed by atoms with E-state index in [2.05, 4.69) is 22.9 Å². The molecule has 1 heterocycles. The molecule has 0 spiro atoms. The van der Waals surface area contributed by atoms with Gasteiger partial charge in [-0.05, 0) is 37.6 Å². The van der Waals surface area contributed by atoms with Crippen LogP contribution in [-0.2, 0) is 11.3 Å². The summed E-state index contributed by atoms with van der Waals surface area (Å²) < 4.78 is 16.8. The molecule has 1 aliphatic heterocycles. The topological polar surface area (TPSA) is 54.4 Å². The lowest BCUT2D eigenvalue weighted by atomic mass is 9.94. The van der Waals surface area contributed by atoms with Crippen LogP contribution in [-0.4, -0.2) is 80.7 Å². The highest BCUT2D eigenvalue weighted by Crippen LogP contribution is 2.29. The van der Waals surface area contributed by atoms with Gasteiger partial charge in [0.25, 0.3) is 0 Å². The third-order valence-electron chi connectivity index (χ3n) is 5.87. The maximum absolute atomic E-state index is 10.4. The maximum atomic E-state index is 10.4. The largest absolute Gasteiger partial charge is 0.493 e. The smallest absolute Gasteiger partial charge is 0.161 e. The molecule has 6 nitrogen and oxygen atoms in total. The van der Waals surface area contributed by atoms with Crippen molar-refractivity contribution in [3.63, 3.8) is 0 Å². The van der Waals surface area contributed by atoms with E-state index in [-0.39, 0.29) is 6.61 Å². The van der Waals surface area contributed by atoms with Crippen molar-refractivity contribution in [2.24, 2.45) is 0 Å². The Labute approximate surface area is 169 Å². The minimum atomic E-state index is -0.510. The van der Waals surface area contributed by atoms with Gasteiger partial charge in [-0.3, -0.25) is 4.90 Å². The highest BCUT2D eigenvalue weighted by molar-refractivity contribution is 5.43. The van der Waals surface area contributed by atoms with E-state index in [0.717, 1.165) is 38.6 Å². The van der Waals surface area contributed by atoms with Gasteiger partial charge in [0.1, 0.15) is 12.7 Å². The fraction of sp³-hybridized carbons (Fsp3) is 0.727. The average molecular weight is 393 g/mol. The maximum Gasteiger partial charge on any atom is 0.161 e. The Morgan fingerprint density at radius 3 is 2.64 bits per heavy atom. The van der Waals surface area contributed by atoms with Gasteiger partial charge < -0.3 is 24.2 Å². The normalized spacial score (nSPS) is 20.3. The van der Waals surface area contributed by atoms with Crippen molar-refractivity contribution in [2.45, 2.75) is 50.8 Å². The molecule has 3 rings (SSSR count). The lowest BCUT2D eigenvalue weighted by Crippen LogP contribution is -2.40. The number of morpholine rings is 1. The van der Waals surface area contributed by atoms with Crippen LogP contribution in [0, 0.1) is 0 Å². The van der Waals surface area contributed by atoms with Gasteiger partial charge in [-0.25, -0.2) is 0 Å². The Kier molecular flexibility index (Phi) is 8.40. The molecule has 1 saturated carbocycles. The molecule has 28 heavy (non-hydrogen) atoms. The minimum Gasteiger partial charge on any atom is -0.493 e. The molecule has 6 heteroatoms. The van der Waals surface area contributed by atoms with E-state index in [1.807, 2.05) is 12.1 Å². The van der Waals surface area contributed by atoms with Crippen LogP contribution >= 0.6 is 0 Å². The second-order valence-corrected chi connectivity index (χ2v) is 8.07. The van der Waals surface area contributed by atoms with E-state index in [1.54, 1.807) is 7.11 Å². The molecule has 0 radical (unpaired) electrons. The molecule has 0 aromatic heterocycles. The number of benzene rings is 1. The second kappa shape index (κ2) is 11.0. The standard InChI is InChI=1S/C22H36N2O4/c1-23(19-6-4-3-5-7-19)16-20(25)17-28-21-9-8-18(14-22(21)26-2)15-24-10-12-27-13-11-24/h8-9,14,19-20,25H,3-7,10-13,15-17H2,1-2H3. The van der Waals surface area contributed by atoms with E-state index in [9.17, 15) is 5.11 Å². The number of aliphatic hydroxyl groups excluding tert-OH is 1. The van der Waals surface area contributed by atoms with E-state index in [1.165, 1.54) is 37.7 Å². The summed E-state index contributed by atoms with van der Waals surface area (Å²) in [7, 11) is 3.77. The zero-order valence-corrected chi connectivity index (χ0v) is 17.4. The Balaban J connectivity index is 1.48. The third kappa shape index (κ3) is 6.34. The predicted octanol–water partition coefficient (Wildman–Crippen LogP) is 2.53. The molecule has 2 fully saturated rings. The number of methoxy groups -OCH3 is 1. The second-order valence-electron chi connectivity index (χ2n) is 8.07. The van der Waals surface area contributed by atoms with E-state index < -0.39 is 6.10 Å². The van der Waals surface area contributed by atoms with Crippen molar-refractivity contribution in [2.75, 3.05) is 53.6 Å². The molecule has 0 amide bonds. The van der Waals surface area contributed by atoms with E-state index in [4.69, 9.17) is 14.2 Å². The fourth-order valence-electron chi connectivity index (χ4n) is 4.19. The van der Waals surface area contributed by atoms with Gasteiger partial charge in [-0.15, -0.1) is 0 Å². The minimum absolute atomic E-state index is 0.274. The van der Waals surface area contributed by atoms with Crippen molar-refractivity contribution >= 4 is 0 Å². The Hall–Kier alpha value is -1.34. The van der Waals surface area contributed by atoms with Gasteiger partial charge in [0.2, 0.25) is 0 Å². The lowest BCUT2D eigenvalue weighted by Gasteiger charge is -2.32. The molecule has 158 valence electrons. The summed E-state index contributed by atoms with van der Waals surface area (Å²) >= 11 is 0. The Morgan fingerprint density at radius 1 is 1.18 bits per heavy atom. The fourth-order valence-corrected chi connectivity index (χ4v) is 4.19. The van der Waals surface area contributed by atoms with Crippen molar-refractivity contribution < 1.29 is 19.3 Å². The number of ether oxygens (including phenoxy) is 3. The summed E-state index contributed by atoms with van der Waals surface area (Å²) in [5.74, 6) is 1.41. The molecule has 1 unspecified atom stereocenters. The summed E-state index contributed by atoms with van der Waals surface area (Å²) in [6.07, 6.45) is 5.91. The zero-order chi connectivity index (χ0) is 19.8. The van der Waals surface area contributed by atoms with E-state index in [0.29, 0.717) is 18.3 Å². The summed E-state index contributed by atoms with van der Waals surface area (Å²) in [5, 5.41) is 10.4. The van der Waals surface area contributed by atoms with Gasteiger partial charge in [-0.1, -0.05) is 25.3 Å². The summed E-state index contributed by atoms with van der Waals surface area (Å²) in [6.45, 7) is 5.31. The van der Waals surface area contributed by atoms with Gasteiger partial charge in [0.05, 0.1) is 20.3 Å². The van der Waals surface area contributed by atoms with Crippen LogP contribution in [0.25, 0.3) is 0 Å². The first-order valence-electron chi connectivity index (χ1n) is 10.6. The van der Waals surface area contributed by atoms with Crippen LogP contribution in [0.15, 0.2) is 18.2 Å². The highest BCUT2D eigenvalue weighted by atomic mass is 16.5. The van der Waals surface area contributed by atoms with Crippen molar-refractivity contribution in [1.29, 1.82) is 0 Å². The monoisotopic (exact) mass is 392 g/mol. The lowest BCUT2D eigenvalue weighted by molar-refractivity contribution is 0.0341. The molecule has 2 aliphatic rings. The van der Waals surface area contributed by atoms with Gasteiger partial charge in [0.15, 0.2) is 11.5 Å². The van der Waals surface area contributed by atoms with E-state index >= 15 is 0 Å². The van der Waals surface area contributed by atoms with Gasteiger partial charge >= 0.3 is 0 Å². The quantitative estimate of drug-likeness (QED) is 0.697. The van der Waals surface area contributed by atoms with Gasteiger partial charge in [-0.2, -0.15) is 0 Å². The molecule has 1 aromatic rings. The van der Waals surface area contributed by atoms with Crippen LogP contribution in [0.5, 0.6) is 11.5 Å². The SMILES string of the molecule is COc1cc(CN2CCOCC2)ccc1OCC(O)CN(C)C1CCCCC1. The highest BCUT2D eigenvalue weighted by Gasteiger charge is 2.20. The molecule has 1 N–H and O–H groups in total. The Bertz CT molecular complexity index is 586. The molecule has 1 atom stereocenters. The van der Waals surface area contributed by atoms with Crippen LogP contribution in [0.4, 0.5) is 0 Å². The molecular formula is C22H36N2O4. The third-order valence-corrected chi connectivity index (χ3v) is 5.87. The molecule has 1 aliphatic carbocycles. The zero-order valence-electron chi connectivity index (χ0n) is 17.4. The first kappa shape index (κ1) is 21.4. The number of nitrogens with zero attached hydrogens (tertiary/aromatic N) is 2. The molecule has 0 bridgehead atoms. The number of hydrogen-bond donors (Lipinski definition) is 1. The summed E-state index contributed by atoms with van der Waals surface area (Å²) in [5.41, 5.74) is 1.20. The van der Waals surface area contributed by atoms with Crippen molar-refractivity contribution in [3.8, 4) is 11.5 Å². The average Bonchev–Trinajstić information content (AvgIpc) is 2.74. The van der Waals surface area contributed by atoms with Crippen molar-refractivity contribution in [1.82, 2.24) is 9.80 Å². The van der Waals surface area contributed by atoms with Crippen LogP contribution in [0.3, 0.4) is 0 Å². The molecular weight excluding hydrogens is 356 g/mol. The van der Waals surface area contributed by atoms with Crippen LogP contribution in [0.2, 0.25) is 0 Å². The molecule has 1 aromatic carbocycles. The first-order valence-corrected chi connectivity index (χ1v) is 10.6. The summed E-state index contributed by atoms with van der Waals surface area (Å²) in [4.78, 5) is 4.67. The van der Waals surface area contributed by atoms with Gasteiger partial charge in [0, 0.05) is 32.2 Å².